The molecule has 0 spiro atoms. The summed E-state index contributed by atoms with van der Waals surface area (Å²) in [6.45, 7) is -0.542. The largest absolute Gasteiger partial charge is 0.392 e. The van der Waals surface area contributed by atoms with E-state index in [-0.39, 0.29) is 16.8 Å². The number of aliphatic hydroxyl groups excluding tert-OH is 1. The van der Waals surface area contributed by atoms with Gasteiger partial charge in [0.15, 0.2) is 0 Å². The lowest BCUT2D eigenvalue weighted by Gasteiger charge is -2.14. The lowest BCUT2D eigenvalue weighted by Crippen LogP contribution is -2.23. The Balaban J connectivity index is 2.43. The molecular weight excluding hydrogens is 318 g/mol. The molecule has 1 aliphatic carbocycles. The minimum Gasteiger partial charge on any atom is -0.392 e. The summed E-state index contributed by atoms with van der Waals surface area (Å²) in [6.07, 6.45) is 3.30. The predicted octanol–water partition coefficient (Wildman–Crippen LogP) is 1.10. The number of carbonyl (C=O) groups excluding carboxylic acids is 2. The van der Waals surface area contributed by atoms with Gasteiger partial charge in [-0.05, 0) is 11.6 Å². The van der Waals surface area contributed by atoms with Crippen LogP contribution in [0.5, 0.6) is 0 Å². The number of carbonyl (C=O) groups is 2. The van der Waals surface area contributed by atoms with E-state index < -0.39 is 28.2 Å². The third kappa shape index (κ3) is 2.43. The van der Waals surface area contributed by atoms with Gasteiger partial charge in [-0.25, -0.2) is 12.4 Å². The summed E-state index contributed by atoms with van der Waals surface area (Å²) >= 11 is 0. The number of nitrogens with zero attached hydrogens (tertiary/aromatic N) is 1. The molecule has 0 unspecified atom stereocenters. The van der Waals surface area contributed by atoms with E-state index in [1.807, 2.05) is 0 Å². The van der Waals surface area contributed by atoms with E-state index in [9.17, 15) is 23.1 Å². The first kappa shape index (κ1) is 15.4. The van der Waals surface area contributed by atoms with Gasteiger partial charge in [0.25, 0.3) is 0 Å². The number of hydrogen-bond donors (Lipinski definition) is 1. The Bertz CT molecular complexity index is 952. The topological polar surface area (TPSA) is 93.4 Å². The van der Waals surface area contributed by atoms with Crippen LogP contribution in [0.15, 0.2) is 42.6 Å². The molecule has 118 valence electrons. The van der Waals surface area contributed by atoms with Crippen molar-refractivity contribution in [3.05, 3.63) is 53.9 Å². The predicted molar refractivity (Wildman–Crippen MR) is 84.5 cm³/mol. The number of benzene rings is 1. The molecule has 0 amide bonds. The standard InChI is InChI=1S/C16H13NO5S/c1-23(21,22)17-8-12(10-5-3-2-4-6-10)14-15(17)11(9-18)7-13(19)16(14)20/h2-8,18H,9H2,1H3. The first-order valence-corrected chi connectivity index (χ1v) is 8.61. The Morgan fingerprint density at radius 3 is 2.35 bits per heavy atom. The molecule has 6 nitrogen and oxygen atoms in total. The summed E-state index contributed by atoms with van der Waals surface area (Å²) < 4.78 is 25.1. The van der Waals surface area contributed by atoms with Crippen LogP contribution < -0.4 is 0 Å². The molecule has 0 bridgehead atoms. The van der Waals surface area contributed by atoms with Crippen molar-refractivity contribution in [2.24, 2.45) is 0 Å². The van der Waals surface area contributed by atoms with Crippen molar-refractivity contribution in [1.29, 1.82) is 0 Å². The van der Waals surface area contributed by atoms with Gasteiger partial charge in [0.05, 0.1) is 24.1 Å². The Morgan fingerprint density at radius 2 is 1.78 bits per heavy atom. The van der Waals surface area contributed by atoms with Gasteiger partial charge >= 0.3 is 0 Å². The fourth-order valence-corrected chi connectivity index (χ4v) is 3.49. The van der Waals surface area contributed by atoms with E-state index in [0.717, 1.165) is 16.3 Å². The molecule has 1 aromatic heterocycles. The molecule has 3 rings (SSSR count). The molecule has 1 aromatic carbocycles. The molecule has 23 heavy (non-hydrogen) atoms. The van der Waals surface area contributed by atoms with Crippen molar-refractivity contribution < 1.29 is 23.1 Å². The highest BCUT2D eigenvalue weighted by atomic mass is 32.2. The summed E-state index contributed by atoms with van der Waals surface area (Å²) in [6, 6.07) is 8.72. The van der Waals surface area contributed by atoms with Gasteiger partial charge < -0.3 is 5.11 Å². The summed E-state index contributed by atoms with van der Waals surface area (Å²) in [5.41, 5.74) is 1.14. The first-order valence-electron chi connectivity index (χ1n) is 6.76. The molecule has 7 heteroatoms. The van der Waals surface area contributed by atoms with E-state index in [0.29, 0.717) is 11.1 Å². The minimum atomic E-state index is -3.71. The van der Waals surface area contributed by atoms with Gasteiger partial charge in [-0.2, -0.15) is 0 Å². The maximum Gasteiger partial charge on any atom is 0.236 e. The maximum atomic E-state index is 12.3. The maximum absolute atomic E-state index is 12.3. The smallest absolute Gasteiger partial charge is 0.236 e. The zero-order valence-electron chi connectivity index (χ0n) is 12.2. The normalized spacial score (nSPS) is 14.6. The van der Waals surface area contributed by atoms with Gasteiger partial charge in [-0.15, -0.1) is 0 Å². The fraction of sp³-hybridized carbons (Fsp3) is 0.125. The van der Waals surface area contributed by atoms with Crippen molar-refractivity contribution in [2.45, 2.75) is 0 Å². The number of fused-ring (bicyclic) bond motifs is 1. The van der Waals surface area contributed by atoms with Gasteiger partial charge in [0.1, 0.15) is 0 Å². The number of aliphatic hydroxyl groups is 1. The van der Waals surface area contributed by atoms with Crippen LogP contribution in [0.4, 0.5) is 0 Å². The van der Waals surface area contributed by atoms with Crippen LogP contribution in [0.1, 0.15) is 16.1 Å². The lowest BCUT2D eigenvalue weighted by atomic mass is 9.90. The highest BCUT2D eigenvalue weighted by Gasteiger charge is 2.34. The number of aromatic nitrogens is 1. The Hall–Kier alpha value is -2.51. The van der Waals surface area contributed by atoms with Crippen LogP contribution in [0.3, 0.4) is 0 Å². The SMILES string of the molecule is CS(=O)(=O)n1cc(-c2ccccc2)c2c1C(CO)=CC(=O)C2=O. The van der Waals surface area contributed by atoms with Gasteiger partial charge in [-0.1, -0.05) is 30.3 Å². The highest BCUT2D eigenvalue weighted by Crippen LogP contribution is 2.36. The average Bonchev–Trinajstić information content (AvgIpc) is 2.92. The monoisotopic (exact) mass is 331 g/mol. The van der Waals surface area contributed by atoms with Crippen LogP contribution in [-0.2, 0) is 14.8 Å². The highest BCUT2D eigenvalue weighted by molar-refractivity contribution is 7.89. The second kappa shape index (κ2) is 5.29. The summed E-state index contributed by atoms with van der Waals surface area (Å²) in [4.78, 5) is 24.2. The van der Waals surface area contributed by atoms with Crippen molar-refractivity contribution in [1.82, 2.24) is 3.97 Å². The van der Waals surface area contributed by atoms with Crippen LogP contribution in [-0.4, -0.2) is 41.9 Å². The quantitative estimate of drug-likeness (QED) is 0.850. The van der Waals surface area contributed by atoms with Crippen LogP contribution >= 0.6 is 0 Å². The number of allylic oxidation sites excluding steroid dienone is 1. The van der Waals surface area contributed by atoms with Crippen molar-refractivity contribution in [3.63, 3.8) is 0 Å². The number of hydrogen-bond acceptors (Lipinski definition) is 5. The molecule has 0 saturated carbocycles. The number of rotatable bonds is 3. The molecule has 2 aromatic rings. The van der Waals surface area contributed by atoms with Gasteiger partial charge in [-0.3, -0.25) is 9.59 Å². The van der Waals surface area contributed by atoms with Crippen LogP contribution in [0, 0.1) is 0 Å². The summed E-state index contributed by atoms with van der Waals surface area (Å²) in [5, 5.41) is 9.47. The molecule has 0 saturated heterocycles. The average molecular weight is 331 g/mol. The van der Waals surface area contributed by atoms with Crippen molar-refractivity contribution >= 4 is 27.2 Å². The zero-order valence-corrected chi connectivity index (χ0v) is 13.0. The summed E-state index contributed by atoms with van der Waals surface area (Å²) in [7, 11) is -3.71. The third-order valence-corrected chi connectivity index (χ3v) is 4.65. The molecule has 0 radical (unpaired) electrons. The van der Waals surface area contributed by atoms with E-state index in [1.165, 1.54) is 6.20 Å². The van der Waals surface area contributed by atoms with E-state index in [1.54, 1.807) is 30.3 Å². The van der Waals surface area contributed by atoms with Crippen molar-refractivity contribution in [2.75, 3.05) is 12.9 Å². The number of Topliss-reactive ketones (excluding diaryl/α,β-unsaturated/α-hetero) is 1. The minimum absolute atomic E-state index is 0.0122. The van der Waals surface area contributed by atoms with E-state index in [2.05, 4.69) is 0 Å². The molecule has 0 atom stereocenters. The van der Waals surface area contributed by atoms with Gasteiger partial charge in [0.2, 0.25) is 21.6 Å². The fourth-order valence-electron chi connectivity index (χ4n) is 2.65. The van der Waals surface area contributed by atoms with E-state index in [4.69, 9.17) is 0 Å². The van der Waals surface area contributed by atoms with E-state index >= 15 is 0 Å². The Labute approximate surface area is 132 Å². The van der Waals surface area contributed by atoms with Crippen LogP contribution in [0.25, 0.3) is 16.7 Å². The molecule has 0 aliphatic heterocycles. The zero-order chi connectivity index (χ0) is 16.8. The Kier molecular flexibility index (Phi) is 3.54. The number of ketones is 2. The molecule has 0 fully saturated rings. The van der Waals surface area contributed by atoms with Gasteiger partial charge in [0, 0.05) is 17.3 Å². The molecule has 1 aliphatic rings. The molecule has 1 heterocycles. The summed E-state index contributed by atoms with van der Waals surface area (Å²) in [5.74, 6) is -1.55. The third-order valence-electron chi connectivity index (χ3n) is 3.65. The van der Waals surface area contributed by atoms with Crippen molar-refractivity contribution in [3.8, 4) is 11.1 Å². The molecule has 1 N–H and O–H groups in total. The molecular formula is C16H13NO5S. The van der Waals surface area contributed by atoms with Crippen LogP contribution in [0.2, 0.25) is 0 Å². The first-order chi connectivity index (χ1) is 10.8. The Morgan fingerprint density at radius 1 is 1.13 bits per heavy atom. The lowest BCUT2D eigenvalue weighted by molar-refractivity contribution is -0.111. The second-order valence-electron chi connectivity index (χ2n) is 5.21. The second-order valence-corrected chi connectivity index (χ2v) is 7.07.